The van der Waals surface area contributed by atoms with Crippen LogP contribution in [0.5, 0.6) is 0 Å². The molecule has 0 unspecified atom stereocenters. The van der Waals surface area contributed by atoms with E-state index >= 15 is 0 Å². The Morgan fingerprint density at radius 3 is 2.55 bits per heavy atom. The maximum atomic E-state index is 13.1. The monoisotopic (exact) mass is 310 g/mol. The fourth-order valence-corrected chi connectivity index (χ4v) is 3.29. The summed E-state index contributed by atoms with van der Waals surface area (Å²) in [6, 6.07) is 13.3. The van der Waals surface area contributed by atoms with Gasteiger partial charge in [-0.25, -0.2) is 4.39 Å². The number of hydrogen-bond acceptors (Lipinski definition) is 1. The summed E-state index contributed by atoms with van der Waals surface area (Å²) in [6.07, 6.45) is 8.76. The number of allylic oxidation sites excluding steroid dienone is 2. The maximum absolute atomic E-state index is 13.1. The molecule has 0 spiro atoms. The van der Waals surface area contributed by atoms with Crippen LogP contribution in [0.4, 0.5) is 4.39 Å². The first-order valence-corrected chi connectivity index (χ1v) is 8.80. The maximum Gasteiger partial charge on any atom is 0.123 e. The number of thioether (sulfide) groups is 1. The summed E-state index contributed by atoms with van der Waals surface area (Å²) >= 11 is 1.77. The molecule has 0 saturated heterocycles. The topological polar surface area (TPSA) is 0 Å². The second-order valence-corrected chi connectivity index (χ2v) is 6.36. The first kappa shape index (κ1) is 15.1. The molecule has 0 nitrogen and oxygen atoms in total. The highest BCUT2D eigenvalue weighted by atomic mass is 32.2. The van der Waals surface area contributed by atoms with E-state index in [9.17, 15) is 4.39 Å². The Bertz CT molecular complexity index is 739. The molecule has 112 valence electrons. The number of benzene rings is 2. The van der Waals surface area contributed by atoms with E-state index in [1.165, 1.54) is 39.3 Å². The van der Waals surface area contributed by atoms with Gasteiger partial charge >= 0.3 is 0 Å². The SMILES string of the molecule is CCCC1=Cc2cc(SC)ccc2C1=Cc1ccc(F)cc1. The first-order chi connectivity index (χ1) is 10.7. The Morgan fingerprint density at radius 2 is 1.86 bits per heavy atom. The Hall–Kier alpha value is -1.80. The molecule has 0 aromatic heterocycles. The highest BCUT2D eigenvalue weighted by Crippen LogP contribution is 2.40. The van der Waals surface area contributed by atoms with Crippen molar-refractivity contribution in [2.24, 2.45) is 0 Å². The van der Waals surface area contributed by atoms with Crippen LogP contribution in [-0.2, 0) is 0 Å². The van der Waals surface area contributed by atoms with Gasteiger partial charge in [0.1, 0.15) is 5.82 Å². The summed E-state index contributed by atoms with van der Waals surface area (Å²) in [5, 5.41) is 0. The average Bonchev–Trinajstić information content (AvgIpc) is 2.86. The predicted octanol–water partition coefficient (Wildman–Crippen LogP) is 6.29. The summed E-state index contributed by atoms with van der Waals surface area (Å²) in [5.41, 5.74) is 6.27. The molecule has 2 aromatic carbocycles. The second-order valence-electron chi connectivity index (χ2n) is 5.48. The molecular weight excluding hydrogens is 291 g/mol. The molecule has 0 amide bonds. The van der Waals surface area contributed by atoms with E-state index in [1.807, 2.05) is 12.1 Å². The van der Waals surface area contributed by atoms with Gasteiger partial charge in [-0.05, 0) is 70.9 Å². The van der Waals surface area contributed by atoms with Crippen molar-refractivity contribution in [3.63, 3.8) is 0 Å². The molecule has 1 aliphatic rings. The third-order valence-corrected chi connectivity index (χ3v) is 4.65. The fourth-order valence-electron chi connectivity index (χ4n) is 2.84. The van der Waals surface area contributed by atoms with Crippen LogP contribution in [0.3, 0.4) is 0 Å². The van der Waals surface area contributed by atoms with Crippen molar-refractivity contribution in [3.05, 3.63) is 70.5 Å². The average molecular weight is 310 g/mol. The number of halogens is 1. The van der Waals surface area contributed by atoms with Gasteiger partial charge in [-0.3, -0.25) is 0 Å². The Labute approximate surface area is 135 Å². The van der Waals surface area contributed by atoms with Gasteiger partial charge in [-0.15, -0.1) is 11.8 Å². The highest BCUT2D eigenvalue weighted by Gasteiger charge is 2.18. The minimum Gasteiger partial charge on any atom is -0.207 e. The molecule has 0 bridgehead atoms. The van der Waals surface area contributed by atoms with Crippen molar-refractivity contribution < 1.29 is 4.39 Å². The molecule has 3 rings (SSSR count). The third-order valence-electron chi connectivity index (χ3n) is 3.92. The van der Waals surface area contributed by atoms with E-state index in [4.69, 9.17) is 0 Å². The first-order valence-electron chi connectivity index (χ1n) is 7.58. The Kier molecular flexibility index (Phi) is 4.49. The molecule has 1 aliphatic carbocycles. The molecule has 0 atom stereocenters. The van der Waals surface area contributed by atoms with Crippen molar-refractivity contribution >= 4 is 29.5 Å². The highest BCUT2D eigenvalue weighted by molar-refractivity contribution is 7.98. The van der Waals surface area contributed by atoms with Crippen LogP contribution in [0.2, 0.25) is 0 Å². The van der Waals surface area contributed by atoms with Crippen LogP contribution < -0.4 is 0 Å². The predicted molar refractivity (Wildman–Crippen MR) is 95.4 cm³/mol. The van der Waals surface area contributed by atoms with E-state index in [-0.39, 0.29) is 5.82 Å². The van der Waals surface area contributed by atoms with Crippen LogP contribution in [0, 0.1) is 5.82 Å². The molecule has 0 heterocycles. The van der Waals surface area contributed by atoms with Gasteiger partial charge in [0.05, 0.1) is 0 Å². The summed E-state index contributed by atoms with van der Waals surface area (Å²) in [6.45, 7) is 2.20. The van der Waals surface area contributed by atoms with Crippen LogP contribution in [0.15, 0.2) is 52.9 Å². The van der Waals surface area contributed by atoms with Gasteiger partial charge < -0.3 is 0 Å². The van der Waals surface area contributed by atoms with Gasteiger partial charge in [0.25, 0.3) is 0 Å². The molecule has 0 aliphatic heterocycles. The van der Waals surface area contributed by atoms with E-state index in [0.29, 0.717) is 0 Å². The standard InChI is InChI=1S/C20H19FS/c1-3-4-15-12-16-13-18(22-2)9-10-19(16)20(15)11-14-5-7-17(21)8-6-14/h5-13H,3-4H2,1-2H3. The van der Waals surface area contributed by atoms with Gasteiger partial charge in [0.2, 0.25) is 0 Å². The molecule has 2 heteroatoms. The van der Waals surface area contributed by atoms with Gasteiger partial charge in [-0.1, -0.05) is 37.6 Å². The number of hydrogen-bond donors (Lipinski definition) is 0. The van der Waals surface area contributed by atoms with Crippen LogP contribution >= 0.6 is 11.8 Å². The number of rotatable bonds is 4. The zero-order chi connectivity index (χ0) is 15.5. The van der Waals surface area contributed by atoms with E-state index in [0.717, 1.165) is 18.4 Å². The van der Waals surface area contributed by atoms with E-state index in [2.05, 4.69) is 43.5 Å². The lowest BCUT2D eigenvalue weighted by Gasteiger charge is -2.08. The normalized spacial score (nSPS) is 15.0. The zero-order valence-corrected chi connectivity index (χ0v) is 13.7. The molecule has 2 aromatic rings. The van der Waals surface area contributed by atoms with Gasteiger partial charge in [-0.2, -0.15) is 0 Å². The number of fused-ring (bicyclic) bond motifs is 1. The summed E-state index contributed by atoms with van der Waals surface area (Å²) < 4.78 is 13.1. The van der Waals surface area contributed by atoms with Crippen molar-refractivity contribution in [1.29, 1.82) is 0 Å². The minimum absolute atomic E-state index is 0.192. The molecule has 0 fully saturated rings. The van der Waals surface area contributed by atoms with E-state index in [1.54, 1.807) is 11.8 Å². The quantitative estimate of drug-likeness (QED) is 0.598. The van der Waals surface area contributed by atoms with E-state index < -0.39 is 0 Å². The van der Waals surface area contributed by atoms with Crippen LogP contribution in [-0.4, -0.2) is 6.26 Å². The van der Waals surface area contributed by atoms with Crippen LogP contribution in [0.25, 0.3) is 17.7 Å². The minimum atomic E-state index is -0.192. The lowest BCUT2D eigenvalue weighted by molar-refractivity contribution is 0.628. The Balaban J connectivity index is 2.05. The summed E-state index contributed by atoms with van der Waals surface area (Å²) in [5.74, 6) is -0.192. The van der Waals surface area contributed by atoms with Crippen molar-refractivity contribution in [3.8, 4) is 0 Å². The van der Waals surface area contributed by atoms with Gasteiger partial charge in [0.15, 0.2) is 0 Å². The van der Waals surface area contributed by atoms with Crippen molar-refractivity contribution in [2.75, 3.05) is 6.26 Å². The second kappa shape index (κ2) is 6.53. The lowest BCUT2D eigenvalue weighted by Crippen LogP contribution is -1.87. The summed E-state index contributed by atoms with van der Waals surface area (Å²) in [7, 11) is 0. The molecular formula is C20H19FS. The molecule has 0 radical (unpaired) electrons. The zero-order valence-electron chi connectivity index (χ0n) is 12.9. The third kappa shape index (κ3) is 3.02. The molecule has 0 N–H and O–H groups in total. The van der Waals surface area contributed by atoms with Crippen molar-refractivity contribution in [1.82, 2.24) is 0 Å². The Morgan fingerprint density at radius 1 is 1.09 bits per heavy atom. The fraction of sp³-hybridized carbons (Fsp3) is 0.200. The molecule has 22 heavy (non-hydrogen) atoms. The van der Waals surface area contributed by atoms with Crippen LogP contribution in [0.1, 0.15) is 36.5 Å². The summed E-state index contributed by atoms with van der Waals surface area (Å²) in [4.78, 5) is 1.29. The molecule has 0 saturated carbocycles. The smallest absolute Gasteiger partial charge is 0.123 e. The lowest BCUT2D eigenvalue weighted by atomic mass is 9.97. The largest absolute Gasteiger partial charge is 0.207 e. The van der Waals surface area contributed by atoms with Crippen molar-refractivity contribution in [2.45, 2.75) is 24.7 Å². The van der Waals surface area contributed by atoms with Gasteiger partial charge in [0, 0.05) is 4.90 Å².